The predicted molar refractivity (Wildman–Crippen MR) is 149 cm³/mol. The first kappa shape index (κ1) is 24.5. The predicted octanol–water partition coefficient (Wildman–Crippen LogP) is 5.17. The van der Waals surface area contributed by atoms with Crippen LogP contribution >= 0.6 is 0 Å². The first-order valence-corrected chi connectivity index (χ1v) is 14.1. The molecule has 3 atom stereocenters. The number of pyridine rings is 1. The minimum absolute atomic E-state index is 0.0790. The number of carbonyl (C=O) groups excluding carboxylic acids is 1. The molecule has 2 aromatic carbocycles. The lowest BCUT2D eigenvalue weighted by Crippen LogP contribution is -2.37. The number of hydrogen-bond acceptors (Lipinski definition) is 6. The number of rotatable bonds is 9. The lowest BCUT2D eigenvalue weighted by Gasteiger charge is -2.32. The van der Waals surface area contributed by atoms with Gasteiger partial charge in [0.25, 0.3) is 0 Å². The van der Waals surface area contributed by atoms with E-state index >= 15 is 0 Å². The van der Waals surface area contributed by atoms with Gasteiger partial charge in [-0.25, -0.2) is 9.97 Å². The van der Waals surface area contributed by atoms with Crippen LogP contribution in [0.1, 0.15) is 53.6 Å². The minimum atomic E-state index is 0.0790. The van der Waals surface area contributed by atoms with E-state index in [-0.39, 0.29) is 17.3 Å². The van der Waals surface area contributed by atoms with Gasteiger partial charge in [-0.05, 0) is 68.5 Å². The minimum Gasteiger partial charge on any atom is -0.473 e. The Kier molecular flexibility index (Phi) is 6.21. The second-order valence-corrected chi connectivity index (χ2v) is 11.4. The molecule has 4 heterocycles. The fraction of sp³-hybridized carbons (Fsp3) is 0.406. The maximum atomic E-state index is 12.0. The number of fused-ring (bicyclic) bond motifs is 2. The molecule has 1 aliphatic carbocycles. The summed E-state index contributed by atoms with van der Waals surface area (Å²) in [6.45, 7) is 6.61. The van der Waals surface area contributed by atoms with Crippen molar-refractivity contribution in [3.63, 3.8) is 0 Å². The number of aromatic nitrogens is 3. The average molecular weight is 523 g/mol. The van der Waals surface area contributed by atoms with E-state index in [1.807, 2.05) is 42.5 Å². The molecule has 2 aromatic heterocycles. The van der Waals surface area contributed by atoms with Crippen LogP contribution in [0.3, 0.4) is 0 Å². The van der Waals surface area contributed by atoms with Gasteiger partial charge in [0.05, 0.1) is 35.9 Å². The van der Waals surface area contributed by atoms with Gasteiger partial charge in [0.15, 0.2) is 5.78 Å². The lowest BCUT2D eigenvalue weighted by atomic mass is 9.91. The summed E-state index contributed by atoms with van der Waals surface area (Å²) in [5.74, 6) is 2.44. The van der Waals surface area contributed by atoms with Crippen LogP contribution in [0.2, 0.25) is 0 Å². The summed E-state index contributed by atoms with van der Waals surface area (Å²) in [5, 5.41) is 0. The summed E-state index contributed by atoms with van der Waals surface area (Å²) < 4.78 is 14.1. The summed E-state index contributed by atoms with van der Waals surface area (Å²) in [4.78, 5) is 24.6. The highest BCUT2D eigenvalue weighted by atomic mass is 16.5. The van der Waals surface area contributed by atoms with Crippen molar-refractivity contribution in [1.82, 2.24) is 19.4 Å². The Morgan fingerprint density at radius 1 is 1.10 bits per heavy atom. The summed E-state index contributed by atoms with van der Waals surface area (Å²) in [7, 11) is 0. The van der Waals surface area contributed by atoms with Gasteiger partial charge in [0.1, 0.15) is 12.4 Å². The molecule has 39 heavy (non-hydrogen) atoms. The third kappa shape index (κ3) is 4.74. The van der Waals surface area contributed by atoms with E-state index in [4.69, 9.17) is 19.4 Å². The first-order chi connectivity index (χ1) is 19.1. The van der Waals surface area contributed by atoms with E-state index in [0.29, 0.717) is 18.4 Å². The molecule has 0 bridgehead atoms. The number of piperidine rings is 1. The van der Waals surface area contributed by atoms with Crippen LogP contribution in [0.5, 0.6) is 5.88 Å². The molecule has 0 spiro atoms. The smallest absolute Gasteiger partial charge is 0.213 e. The van der Waals surface area contributed by atoms with Crippen molar-refractivity contribution < 1.29 is 14.3 Å². The molecule has 0 N–H and O–H groups in total. The summed E-state index contributed by atoms with van der Waals surface area (Å²) in [6, 6.07) is 22.3. The zero-order valence-electron chi connectivity index (χ0n) is 22.4. The number of imidazole rings is 1. The summed E-state index contributed by atoms with van der Waals surface area (Å²) in [6.07, 6.45) is 3.56. The third-order valence-electron chi connectivity index (χ3n) is 8.83. The fourth-order valence-electron chi connectivity index (χ4n) is 6.32. The number of Topliss-reactive ketones (excluding diaryl/α,β-unsaturated/α-hetero) is 1. The van der Waals surface area contributed by atoms with Crippen LogP contribution in [-0.4, -0.2) is 51.0 Å². The average Bonchev–Trinajstić information content (AvgIpc) is 3.58. The molecule has 7 rings (SSSR count). The Morgan fingerprint density at radius 2 is 1.97 bits per heavy atom. The Labute approximate surface area is 228 Å². The van der Waals surface area contributed by atoms with Crippen LogP contribution in [-0.2, 0) is 29.8 Å². The van der Waals surface area contributed by atoms with Gasteiger partial charge in [0.2, 0.25) is 5.88 Å². The monoisotopic (exact) mass is 522 g/mol. The largest absolute Gasteiger partial charge is 0.473 e. The van der Waals surface area contributed by atoms with E-state index < -0.39 is 0 Å². The van der Waals surface area contributed by atoms with Crippen molar-refractivity contribution in [2.24, 2.45) is 5.92 Å². The van der Waals surface area contributed by atoms with E-state index in [0.717, 1.165) is 73.6 Å². The normalized spacial score (nSPS) is 24.2. The number of benzene rings is 2. The second-order valence-electron chi connectivity index (χ2n) is 11.4. The number of likely N-dealkylation sites (tertiary alicyclic amines) is 1. The quantitative estimate of drug-likeness (QED) is 0.283. The highest BCUT2D eigenvalue weighted by molar-refractivity contribution is 5.97. The van der Waals surface area contributed by atoms with Crippen LogP contribution in [0, 0.1) is 5.92 Å². The molecule has 4 aromatic rings. The number of hydrogen-bond donors (Lipinski definition) is 0. The second kappa shape index (κ2) is 9.88. The summed E-state index contributed by atoms with van der Waals surface area (Å²) in [5.41, 5.74) is 5.19. The SMILES string of the molecule is CC(=O)c1ccc2nc(CN3CC[C@]4(c5cccc(OCc6ccccc6)n5)C[C@@H]4C3)n(C[C@@H]3CCO3)c2c1. The van der Waals surface area contributed by atoms with Crippen LogP contribution in [0.4, 0.5) is 0 Å². The zero-order valence-corrected chi connectivity index (χ0v) is 22.4. The third-order valence-corrected chi connectivity index (χ3v) is 8.83. The van der Waals surface area contributed by atoms with Crippen molar-refractivity contribution in [2.75, 3.05) is 19.7 Å². The maximum absolute atomic E-state index is 12.0. The maximum Gasteiger partial charge on any atom is 0.213 e. The van der Waals surface area contributed by atoms with Crippen molar-refractivity contribution >= 4 is 16.8 Å². The molecule has 7 heteroatoms. The molecule has 2 saturated heterocycles. The highest BCUT2D eigenvalue weighted by Gasteiger charge is 2.58. The number of carbonyl (C=O) groups is 1. The molecule has 3 fully saturated rings. The van der Waals surface area contributed by atoms with Crippen molar-refractivity contribution in [3.05, 3.63) is 89.4 Å². The lowest BCUT2D eigenvalue weighted by molar-refractivity contribution is -0.0592. The van der Waals surface area contributed by atoms with Gasteiger partial charge >= 0.3 is 0 Å². The van der Waals surface area contributed by atoms with Gasteiger partial charge in [-0.15, -0.1) is 0 Å². The Hall–Kier alpha value is -3.55. The zero-order chi connectivity index (χ0) is 26.4. The van der Waals surface area contributed by atoms with Crippen LogP contribution < -0.4 is 4.74 Å². The first-order valence-electron chi connectivity index (χ1n) is 14.1. The van der Waals surface area contributed by atoms with Gasteiger partial charge in [0, 0.05) is 30.2 Å². The molecule has 1 saturated carbocycles. The van der Waals surface area contributed by atoms with Gasteiger partial charge < -0.3 is 14.0 Å². The van der Waals surface area contributed by atoms with Gasteiger partial charge in [-0.3, -0.25) is 9.69 Å². The molecule has 200 valence electrons. The molecule has 0 amide bonds. The van der Waals surface area contributed by atoms with Crippen LogP contribution in [0.25, 0.3) is 11.0 Å². The molecule has 0 radical (unpaired) electrons. The van der Waals surface area contributed by atoms with E-state index in [1.54, 1.807) is 6.92 Å². The highest BCUT2D eigenvalue weighted by Crippen LogP contribution is 2.58. The van der Waals surface area contributed by atoms with E-state index in [9.17, 15) is 4.79 Å². The molecular formula is C32H34N4O3. The van der Waals surface area contributed by atoms with Gasteiger partial charge in [-0.2, -0.15) is 0 Å². The van der Waals surface area contributed by atoms with E-state index in [1.165, 1.54) is 12.1 Å². The van der Waals surface area contributed by atoms with E-state index in [2.05, 4.69) is 33.7 Å². The molecule has 2 aliphatic heterocycles. The fourth-order valence-corrected chi connectivity index (χ4v) is 6.32. The van der Waals surface area contributed by atoms with Crippen molar-refractivity contribution in [1.29, 1.82) is 0 Å². The van der Waals surface area contributed by atoms with Gasteiger partial charge in [-0.1, -0.05) is 36.4 Å². The molecular weight excluding hydrogens is 488 g/mol. The molecule has 7 nitrogen and oxygen atoms in total. The Morgan fingerprint density at radius 3 is 2.74 bits per heavy atom. The topological polar surface area (TPSA) is 69.5 Å². The number of ether oxygens (including phenoxy) is 2. The molecule has 3 aliphatic rings. The number of ketones is 1. The Bertz CT molecular complexity index is 1510. The van der Waals surface area contributed by atoms with Crippen molar-refractivity contribution in [2.45, 2.75) is 57.4 Å². The van der Waals surface area contributed by atoms with Crippen LogP contribution in [0.15, 0.2) is 66.7 Å². The number of nitrogens with zero attached hydrogens (tertiary/aromatic N) is 4. The molecule has 0 unspecified atom stereocenters. The van der Waals surface area contributed by atoms with Crippen molar-refractivity contribution in [3.8, 4) is 5.88 Å². The summed E-state index contributed by atoms with van der Waals surface area (Å²) >= 11 is 0. The Balaban J connectivity index is 1.06. The standard InChI is InChI=1S/C32H34N4O3/c1-22(37)24-10-11-27-28(16-24)36(19-26-12-15-38-26)30(33-27)20-35-14-13-32(17-25(32)18-35)29-8-5-9-31(34-29)39-21-23-6-3-2-4-7-23/h2-11,16,25-26H,12-15,17-21H2,1H3/t25-,26+,32+/m1/s1.